The van der Waals surface area contributed by atoms with Gasteiger partial charge in [-0.05, 0) is 39.5 Å². The molecule has 3 fully saturated rings. The van der Waals surface area contributed by atoms with E-state index >= 15 is 0 Å². The molecular formula is C20H26N4O3. The van der Waals surface area contributed by atoms with Gasteiger partial charge in [0.05, 0.1) is 5.69 Å². The molecule has 0 aromatic carbocycles. The first-order chi connectivity index (χ1) is 12.9. The van der Waals surface area contributed by atoms with Crippen molar-refractivity contribution >= 4 is 5.91 Å². The Morgan fingerprint density at radius 3 is 2.78 bits per heavy atom. The summed E-state index contributed by atoms with van der Waals surface area (Å²) < 4.78 is 5.30. The van der Waals surface area contributed by atoms with Crippen LogP contribution in [0.1, 0.15) is 45.9 Å². The van der Waals surface area contributed by atoms with Crippen LogP contribution in [0.2, 0.25) is 0 Å². The normalized spacial score (nSPS) is 22.9. The van der Waals surface area contributed by atoms with Gasteiger partial charge in [-0.1, -0.05) is 5.16 Å². The van der Waals surface area contributed by atoms with Gasteiger partial charge in [-0.15, -0.1) is 0 Å². The number of H-pyrrole nitrogens is 1. The Labute approximate surface area is 158 Å². The number of piperidine rings is 1. The van der Waals surface area contributed by atoms with Crippen LogP contribution in [0.3, 0.4) is 0 Å². The van der Waals surface area contributed by atoms with Gasteiger partial charge in [0.25, 0.3) is 5.91 Å². The highest BCUT2D eigenvalue weighted by molar-refractivity contribution is 5.94. The number of fused-ring (bicyclic) bond motifs is 4. The zero-order valence-electron chi connectivity index (χ0n) is 16.1. The molecule has 3 saturated heterocycles. The fourth-order valence-electron chi connectivity index (χ4n) is 4.40. The maximum Gasteiger partial charge on any atom is 0.259 e. The van der Waals surface area contributed by atoms with Crippen LogP contribution < -0.4 is 5.43 Å². The third kappa shape index (κ3) is 3.43. The van der Waals surface area contributed by atoms with Crippen molar-refractivity contribution in [3.63, 3.8) is 0 Å². The minimum Gasteiger partial charge on any atom is -0.364 e. The van der Waals surface area contributed by atoms with Crippen LogP contribution in [-0.2, 0) is 6.54 Å². The number of hydrogen-bond acceptors (Lipinski definition) is 5. The number of hydrogen-bond donors (Lipinski definition) is 1. The highest BCUT2D eigenvalue weighted by Gasteiger charge is 2.38. The van der Waals surface area contributed by atoms with Gasteiger partial charge in [-0.3, -0.25) is 14.5 Å². The summed E-state index contributed by atoms with van der Waals surface area (Å²) in [7, 11) is 0. The second-order valence-corrected chi connectivity index (χ2v) is 7.95. The summed E-state index contributed by atoms with van der Waals surface area (Å²) in [6.45, 7) is 9.01. The van der Waals surface area contributed by atoms with Gasteiger partial charge in [0, 0.05) is 55.7 Å². The van der Waals surface area contributed by atoms with Crippen LogP contribution in [0.25, 0.3) is 0 Å². The molecule has 1 amide bonds. The van der Waals surface area contributed by atoms with Crippen LogP contribution in [0.15, 0.2) is 21.6 Å². The molecule has 1 N–H and O–H groups in total. The average Bonchev–Trinajstić information content (AvgIpc) is 2.81. The lowest BCUT2D eigenvalue weighted by Crippen LogP contribution is -2.48. The van der Waals surface area contributed by atoms with Gasteiger partial charge >= 0.3 is 0 Å². The van der Waals surface area contributed by atoms with E-state index in [9.17, 15) is 9.59 Å². The van der Waals surface area contributed by atoms with E-state index in [1.165, 1.54) is 6.07 Å². The van der Waals surface area contributed by atoms with Crippen molar-refractivity contribution in [3.05, 3.63) is 50.8 Å². The molecule has 0 spiro atoms. The lowest BCUT2D eigenvalue weighted by Gasteiger charge is -2.36. The molecule has 2 aromatic rings. The molecule has 7 nitrogen and oxygen atoms in total. The number of aromatic amines is 1. The Kier molecular flexibility index (Phi) is 4.63. The molecule has 27 heavy (non-hydrogen) atoms. The van der Waals surface area contributed by atoms with Gasteiger partial charge in [0.15, 0.2) is 5.43 Å². The molecule has 0 saturated carbocycles. The van der Waals surface area contributed by atoms with Crippen molar-refractivity contribution in [1.82, 2.24) is 19.9 Å². The molecule has 2 atom stereocenters. The molecular weight excluding hydrogens is 344 g/mol. The highest BCUT2D eigenvalue weighted by Crippen LogP contribution is 2.30. The molecule has 3 aliphatic heterocycles. The van der Waals surface area contributed by atoms with E-state index in [1.54, 1.807) is 6.20 Å². The van der Waals surface area contributed by atoms with E-state index in [-0.39, 0.29) is 22.9 Å². The topological polar surface area (TPSA) is 82.4 Å². The van der Waals surface area contributed by atoms with Crippen molar-refractivity contribution in [2.75, 3.05) is 19.6 Å². The number of carbonyl (C=O) groups is 1. The second kappa shape index (κ2) is 6.96. The molecule has 5 heterocycles. The van der Waals surface area contributed by atoms with E-state index in [0.29, 0.717) is 5.92 Å². The zero-order valence-corrected chi connectivity index (χ0v) is 16.1. The van der Waals surface area contributed by atoms with E-state index in [4.69, 9.17) is 4.52 Å². The monoisotopic (exact) mass is 370 g/mol. The third-order valence-corrected chi connectivity index (χ3v) is 5.90. The standard InChI is InChI=1S/C20H26N4O3/c1-12-6-19(25)17(7-21-12)20(26)24-9-15-4-5-16(24)10-23(8-15)11-18-13(2)22-27-14(18)3/h6-7,15-16H,4-5,8-11H2,1-3H3,(H,21,25)/t15-,16+/m0/s1. The van der Waals surface area contributed by atoms with E-state index in [2.05, 4.69) is 15.0 Å². The average molecular weight is 370 g/mol. The number of amides is 1. The molecule has 7 heteroatoms. The van der Waals surface area contributed by atoms with Crippen LogP contribution in [0.4, 0.5) is 0 Å². The number of nitrogens with zero attached hydrogens (tertiary/aromatic N) is 3. The smallest absolute Gasteiger partial charge is 0.259 e. The van der Waals surface area contributed by atoms with Gasteiger partial charge in [0.2, 0.25) is 0 Å². The first kappa shape index (κ1) is 18.0. The fourth-order valence-corrected chi connectivity index (χ4v) is 4.40. The Morgan fingerprint density at radius 2 is 2.07 bits per heavy atom. The first-order valence-electron chi connectivity index (χ1n) is 9.56. The number of aromatic nitrogens is 2. The number of rotatable bonds is 3. The zero-order chi connectivity index (χ0) is 19.1. The summed E-state index contributed by atoms with van der Waals surface area (Å²) >= 11 is 0. The lowest BCUT2D eigenvalue weighted by atomic mass is 9.94. The second-order valence-electron chi connectivity index (χ2n) is 7.95. The van der Waals surface area contributed by atoms with E-state index < -0.39 is 0 Å². The summed E-state index contributed by atoms with van der Waals surface area (Å²) in [5.41, 5.74) is 2.88. The number of pyridine rings is 1. The van der Waals surface area contributed by atoms with Crippen molar-refractivity contribution in [3.8, 4) is 0 Å². The third-order valence-electron chi connectivity index (χ3n) is 5.90. The SMILES string of the molecule is Cc1cc(=O)c(C(=O)N2C[C@H]3CC[C@@H]2CN(Cc2c(C)noc2C)C3)c[nH]1. The van der Waals surface area contributed by atoms with Crippen LogP contribution >= 0.6 is 0 Å². The molecule has 0 radical (unpaired) electrons. The van der Waals surface area contributed by atoms with Crippen molar-refractivity contribution in [2.45, 2.75) is 46.2 Å². The molecule has 0 aliphatic carbocycles. The fraction of sp³-hybridized carbons (Fsp3) is 0.550. The Bertz CT molecular complexity index is 897. The van der Waals surface area contributed by atoms with Gasteiger partial charge in [0.1, 0.15) is 11.3 Å². The predicted octanol–water partition coefficient (Wildman–Crippen LogP) is 2.02. The summed E-state index contributed by atoms with van der Waals surface area (Å²) in [5.74, 6) is 1.14. The minimum absolute atomic E-state index is 0.137. The Hall–Kier alpha value is -2.41. The quantitative estimate of drug-likeness (QED) is 0.894. The largest absolute Gasteiger partial charge is 0.364 e. The summed E-state index contributed by atoms with van der Waals surface area (Å²) in [5, 5.41) is 4.05. The predicted molar refractivity (Wildman–Crippen MR) is 101 cm³/mol. The van der Waals surface area contributed by atoms with Crippen LogP contribution in [-0.4, -0.2) is 51.5 Å². The number of aryl methyl sites for hydroxylation is 3. The molecule has 144 valence electrons. The van der Waals surface area contributed by atoms with Gasteiger partial charge < -0.3 is 14.4 Å². The maximum atomic E-state index is 13.1. The number of carbonyl (C=O) groups excluding carboxylic acids is 1. The maximum absolute atomic E-state index is 13.1. The van der Waals surface area contributed by atoms with E-state index in [1.807, 2.05) is 25.7 Å². The molecule has 2 aromatic heterocycles. The first-order valence-corrected chi connectivity index (χ1v) is 9.56. The van der Waals surface area contributed by atoms with Crippen molar-refractivity contribution in [2.24, 2.45) is 5.92 Å². The minimum atomic E-state index is -0.205. The van der Waals surface area contributed by atoms with Crippen LogP contribution in [0.5, 0.6) is 0 Å². The summed E-state index contributed by atoms with van der Waals surface area (Å²) in [4.78, 5) is 32.7. The highest BCUT2D eigenvalue weighted by atomic mass is 16.5. The number of nitrogens with one attached hydrogen (secondary N) is 1. The lowest BCUT2D eigenvalue weighted by molar-refractivity contribution is 0.0583. The van der Waals surface area contributed by atoms with Crippen molar-refractivity contribution in [1.29, 1.82) is 0 Å². The van der Waals surface area contributed by atoms with Crippen LogP contribution in [0, 0.1) is 26.7 Å². The summed E-state index contributed by atoms with van der Waals surface area (Å²) in [6.07, 6.45) is 3.66. The molecule has 2 bridgehead atoms. The molecule has 3 aliphatic rings. The van der Waals surface area contributed by atoms with Crippen molar-refractivity contribution < 1.29 is 9.32 Å². The van der Waals surface area contributed by atoms with Gasteiger partial charge in [-0.25, -0.2) is 0 Å². The Balaban J connectivity index is 1.54. The van der Waals surface area contributed by atoms with E-state index in [0.717, 1.165) is 61.7 Å². The molecule has 0 unspecified atom stereocenters. The van der Waals surface area contributed by atoms with Gasteiger partial charge in [-0.2, -0.15) is 0 Å². The molecule has 5 rings (SSSR count). The Morgan fingerprint density at radius 1 is 1.26 bits per heavy atom. The summed E-state index contributed by atoms with van der Waals surface area (Å²) in [6, 6.07) is 1.63.